The van der Waals surface area contributed by atoms with Crippen molar-refractivity contribution in [2.75, 3.05) is 12.1 Å². The fraction of sp³-hybridized carbons (Fsp3) is 0.100. The average Bonchev–Trinajstić information content (AvgIpc) is 2.81. The first-order chi connectivity index (χ1) is 7.68. The Balaban J connectivity index is 2.25. The molecular weight excluding hydrogens is 208 g/mol. The van der Waals surface area contributed by atoms with E-state index in [-0.39, 0.29) is 5.69 Å². The fourth-order valence-corrected chi connectivity index (χ4v) is 1.35. The normalized spacial score (nSPS) is 10.1. The third-order valence-corrected chi connectivity index (χ3v) is 2.27. The van der Waals surface area contributed by atoms with E-state index in [4.69, 9.17) is 0 Å². The fourth-order valence-electron chi connectivity index (χ4n) is 1.35. The van der Waals surface area contributed by atoms with Gasteiger partial charge in [-0.15, -0.1) is 0 Å². The molecule has 6 heteroatoms. The Kier molecular flexibility index (Phi) is 2.55. The Hall–Kier alpha value is -2.37. The lowest BCUT2D eigenvalue weighted by atomic mass is 10.3. The van der Waals surface area contributed by atoms with Crippen LogP contribution in [0.25, 0.3) is 0 Å². The minimum Gasteiger partial charge on any atom is -0.283 e. The molecule has 0 radical (unpaired) electrons. The number of hydrogen-bond acceptors (Lipinski definition) is 4. The molecule has 0 amide bonds. The number of aromatic nitrogens is 2. The number of nitro benzene ring substituents is 1. The van der Waals surface area contributed by atoms with Crippen molar-refractivity contribution >= 4 is 11.4 Å². The second-order valence-electron chi connectivity index (χ2n) is 3.24. The molecule has 0 fully saturated rings. The van der Waals surface area contributed by atoms with E-state index < -0.39 is 4.92 Å². The minimum absolute atomic E-state index is 0.0859. The Morgan fingerprint density at radius 3 is 2.56 bits per heavy atom. The van der Waals surface area contributed by atoms with E-state index in [0.717, 1.165) is 5.69 Å². The predicted molar refractivity (Wildman–Crippen MR) is 59.1 cm³/mol. The highest BCUT2D eigenvalue weighted by Crippen LogP contribution is 2.18. The van der Waals surface area contributed by atoms with Crippen LogP contribution in [0.15, 0.2) is 43.0 Å². The van der Waals surface area contributed by atoms with Crippen LogP contribution < -0.4 is 5.01 Å². The van der Waals surface area contributed by atoms with Gasteiger partial charge in [0.1, 0.15) is 6.33 Å². The number of rotatable bonds is 3. The summed E-state index contributed by atoms with van der Waals surface area (Å²) in [4.78, 5) is 14.0. The molecular formula is C10H10N4O2. The van der Waals surface area contributed by atoms with E-state index in [9.17, 15) is 10.1 Å². The van der Waals surface area contributed by atoms with Crippen LogP contribution in [0.2, 0.25) is 0 Å². The Morgan fingerprint density at radius 1 is 1.38 bits per heavy atom. The summed E-state index contributed by atoms with van der Waals surface area (Å²) in [6.45, 7) is 0. The molecule has 0 N–H and O–H groups in total. The van der Waals surface area contributed by atoms with Gasteiger partial charge in [0, 0.05) is 31.6 Å². The standard InChI is InChI=1S/C10H10N4O2/c1-12(13-7-6-11-8-13)9-2-4-10(5-3-9)14(15)16/h2-8H,1H3. The van der Waals surface area contributed by atoms with Crippen molar-refractivity contribution in [3.63, 3.8) is 0 Å². The highest BCUT2D eigenvalue weighted by atomic mass is 16.6. The first-order valence-corrected chi connectivity index (χ1v) is 4.65. The summed E-state index contributed by atoms with van der Waals surface area (Å²) >= 11 is 0. The van der Waals surface area contributed by atoms with Gasteiger partial charge in [0.25, 0.3) is 5.69 Å². The molecule has 82 valence electrons. The van der Waals surface area contributed by atoms with Gasteiger partial charge >= 0.3 is 0 Å². The Bertz CT molecular complexity index is 478. The minimum atomic E-state index is -0.416. The number of nitrogens with zero attached hydrogens (tertiary/aromatic N) is 4. The number of non-ortho nitro benzene ring substituents is 1. The van der Waals surface area contributed by atoms with Crippen LogP contribution in [0, 0.1) is 10.1 Å². The van der Waals surface area contributed by atoms with Crippen molar-refractivity contribution in [3.05, 3.63) is 53.1 Å². The van der Waals surface area contributed by atoms with Gasteiger partial charge in [-0.1, -0.05) is 0 Å². The van der Waals surface area contributed by atoms with Gasteiger partial charge in [-0.25, -0.2) is 9.66 Å². The molecule has 6 nitrogen and oxygen atoms in total. The molecule has 0 aliphatic heterocycles. The van der Waals surface area contributed by atoms with Crippen LogP contribution in [0.1, 0.15) is 0 Å². The zero-order valence-corrected chi connectivity index (χ0v) is 8.65. The molecule has 0 spiro atoms. The van der Waals surface area contributed by atoms with E-state index in [1.54, 1.807) is 35.5 Å². The summed E-state index contributed by atoms with van der Waals surface area (Å²) < 4.78 is 1.78. The molecule has 1 aromatic carbocycles. The van der Waals surface area contributed by atoms with Gasteiger partial charge < -0.3 is 0 Å². The zero-order chi connectivity index (χ0) is 11.5. The van der Waals surface area contributed by atoms with Gasteiger partial charge in [-0.2, -0.15) is 0 Å². The van der Waals surface area contributed by atoms with Crippen molar-refractivity contribution in [1.29, 1.82) is 0 Å². The lowest BCUT2D eigenvalue weighted by molar-refractivity contribution is -0.384. The number of hydrogen-bond donors (Lipinski definition) is 0. The summed E-state index contributed by atoms with van der Waals surface area (Å²) in [5.74, 6) is 0. The van der Waals surface area contributed by atoms with Crippen molar-refractivity contribution in [3.8, 4) is 0 Å². The molecule has 0 aliphatic carbocycles. The SMILES string of the molecule is CN(c1ccc([N+](=O)[O-])cc1)n1ccnc1. The maximum Gasteiger partial charge on any atom is 0.269 e. The summed E-state index contributed by atoms with van der Waals surface area (Å²) in [7, 11) is 1.85. The van der Waals surface area contributed by atoms with E-state index in [1.165, 1.54) is 12.1 Å². The summed E-state index contributed by atoms with van der Waals surface area (Å²) in [5, 5.41) is 12.3. The summed E-state index contributed by atoms with van der Waals surface area (Å²) in [6, 6.07) is 6.34. The van der Waals surface area contributed by atoms with Crippen LogP contribution in [-0.2, 0) is 0 Å². The van der Waals surface area contributed by atoms with Gasteiger partial charge in [-0.05, 0) is 12.1 Å². The van der Waals surface area contributed by atoms with E-state index in [0.29, 0.717) is 0 Å². The first kappa shape index (κ1) is 10.2. The third-order valence-electron chi connectivity index (χ3n) is 2.27. The van der Waals surface area contributed by atoms with E-state index in [1.807, 2.05) is 12.1 Å². The predicted octanol–water partition coefficient (Wildman–Crippen LogP) is 1.69. The molecule has 2 aromatic rings. The molecule has 1 aromatic heterocycles. The van der Waals surface area contributed by atoms with Crippen molar-refractivity contribution < 1.29 is 4.92 Å². The number of imidazole rings is 1. The largest absolute Gasteiger partial charge is 0.283 e. The molecule has 0 saturated heterocycles. The maximum absolute atomic E-state index is 10.5. The van der Waals surface area contributed by atoms with E-state index in [2.05, 4.69) is 4.98 Å². The van der Waals surface area contributed by atoms with Gasteiger partial charge in [0.2, 0.25) is 0 Å². The molecule has 0 saturated carbocycles. The summed E-state index contributed by atoms with van der Waals surface area (Å²) in [5.41, 5.74) is 0.936. The molecule has 0 atom stereocenters. The highest BCUT2D eigenvalue weighted by Gasteiger charge is 2.06. The quantitative estimate of drug-likeness (QED) is 0.581. The highest BCUT2D eigenvalue weighted by molar-refractivity contribution is 5.49. The van der Waals surface area contributed by atoms with Crippen LogP contribution in [0.4, 0.5) is 11.4 Å². The Labute approximate surface area is 91.9 Å². The topological polar surface area (TPSA) is 64.2 Å². The molecule has 16 heavy (non-hydrogen) atoms. The van der Waals surface area contributed by atoms with Gasteiger partial charge in [0.05, 0.1) is 10.6 Å². The number of anilines is 1. The van der Waals surface area contributed by atoms with Crippen LogP contribution in [0.5, 0.6) is 0 Å². The van der Waals surface area contributed by atoms with Crippen LogP contribution in [0.3, 0.4) is 0 Å². The van der Waals surface area contributed by atoms with Crippen LogP contribution in [-0.4, -0.2) is 21.6 Å². The third kappa shape index (κ3) is 1.85. The zero-order valence-electron chi connectivity index (χ0n) is 8.65. The molecule has 2 rings (SSSR count). The van der Waals surface area contributed by atoms with E-state index >= 15 is 0 Å². The van der Waals surface area contributed by atoms with Crippen molar-refractivity contribution in [2.45, 2.75) is 0 Å². The second-order valence-corrected chi connectivity index (χ2v) is 3.24. The number of benzene rings is 1. The second kappa shape index (κ2) is 4.01. The van der Waals surface area contributed by atoms with Gasteiger partial charge in [-0.3, -0.25) is 15.1 Å². The molecule has 0 unspecified atom stereocenters. The monoisotopic (exact) mass is 218 g/mol. The lowest BCUT2D eigenvalue weighted by Crippen LogP contribution is -2.22. The first-order valence-electron chi connectivity index (χ1n) is 4.65. The maximum atomic E-state index is 10.5. The lowest BCUT2D eigenvalue weighted by Gasteiger charge is -2.19. The summed E-state index contributed by atoms with van der Waals surface area (Å²) in [6.07, 6.45) is 5.12. The smallest absolute Gasteiger partial charge is 0.269 e. The Morgan fingerprint density at radius 2 is 2.06 bits per heavy atom. The average molecular weight is 218 g/mol. The molecule has 1 heterocycles. The molecule has 0 aliphatic rings. The van der Waals surface area contributed by atoms with Crippen molar-refractivity contribution in [1.82, 2.24) is 9.66 Å². The van der Waals surface area contributed by atoms with Gasteiger partial charge in [0.15, 0.2) is 0 Å². The number of nitro groups is 1. The molecule has 0 bridgehead atoms. The van der Waals surface area contributed by atoms with Crippen LogP contribution >= 0.6 is 0 Å². The van der Waals surface area contributed by atoms with Crippen molar-refractivity contribution in [2.24, 2.45) is 0 Å².